The molecule has 0 radical (unpaired) electrons. The number of hydrogen-bond acceptors (Lipinski definition) is 1. The molecule has 0 spiro atoms. The van der Waals surface area contributed by atoms with Crippen molar-refractivity contribution < 1.29 is 0 Å². The van der Waals surface area contributed by atoms with Gasteiger partial charge in [0.05, 0.1) is 0 Å². The summed E-state index contributed by atoms with van der Waals surface area (Å²) < 4.78 is 0. The summed E-state index contributed by atoms with van der Waals surface area (Å²) in [5.41, 5.74) is 1.32. The summed E-state index contributed by atoms with van der Waals surface area (Å²) in [4.78, 5) is 0. The monoisotopic (exact) mass is 181 g/mol. The maximum atomic E-state index is 4.01. The van der Waals surface area contributed by atoms with E-state index in [1.165, 1.54) is 0 Å². The SMILES string of the molecule is C=CC(C)(C)NC(=C)CC(C)(C)C. The predicted octanol–water partition coefficient (Wildman–Crippen LogP) is 3.49. The van der Waals surface area contributed by atoms with Gasteiger partial charge in [0.15, 0.2) is 0 Å². The van der Waals surface area contributed by atoms with E-state index in [0.29, 0.717) is 5.41 Å². The number of rotatable bonds is 4. The Morgan fingerprint density at radius 2 is 1.69 bits per heavy atom. The molecule has 0 heterocycles. The van der Waals surface area contributed by atoms with E-state index in [9.17, 15) is 0 Å². The predicted molar refractivity (Wildman–Crippen MR) is 60.6 cm³/mol. The second kappa shape index (κ2) is 3.99. The van der Waals surface area contributed by atoms with Crippen LogP contribution in [0.4, 0.5) is 0 Å². The second-order valence-electron chi connectivity index (χ2n) is 5.39. The lowest BCUT2D eigenvalue weighted by atomic mass is 9.90. The molecule has 13 heavy (non-hydrogen) atoms. The molecule has 0 aromatic heterocycles. The molecule has 0 aliphatic rings. The molecule has 0 aromatic carbocycles. The Morgan fingerprint density at radius 1 is 1.23 bits per heavy atom. The molecule has 0 aliphatic carbocycles. The van der Waals surface area contributed by atoms with Crippen LogP contribution in [0.15, 0.2) is 24.9 Å². The molecule has 0 aromatic rings. The van der Waals surface area contributed by atoms with Gasteiger partial charge in [-0.2, -0.15) is 0 Å². The largest absolute Gasteiger partial charge is 0.380 e. The van der Waals surface area contributed by atoms with Gasteiger partial charge in [0.2, 0.25) is 0 Å². The Morgan fingerprint density at radius 3 is 2.00 bits per heavy atom. The zero-order valence-electron chi connectivity index (χ0n) is 9.70. The maximum absolute atomic E-state index is 4.01. The van der Waals surface area contributed by atoms with Gasteiger partial charge in [-0.15, -0.1) is 6.58 Å². The van der Waals surface area contributed by atoms with Crippen LogP contribution < -0.4 is 5.32 Å². The van der Waals surface area contributed by atoms with Crippen LogP contribution in [0.2, 0.25) is 0 Å². The van der Waals surface area contributed by atoms with E-state index < -0.39 is 0 Å². The first kappa shape index (κ1) is 12.3. The fraction of sp³-hybridized carbons (Fsp3) is 0.667. The van der Waals surface area contributed by atoms with Gasteiger partial charge in [0.1, 0.15) is 0 Å². The van der Waals surface area contributed by atoms with Crippen LogP contribution in [0.25, 0.3) is 0 Å². The zero-order valence-corrected chi connectivity index (χ0v) is 9.70. The molecule has 0 amide bonds. The van der Waals surface area contributed by atoms with Crippen molar-refractivity contribution in [2.45, 2.75) is 46.6 Å². The van der Waals surface area contributed by atoms with Crippen LogP contribution in [0.5, 0.6) is 0 Å². The Labute approximate surface area is 82.9 Å². The number of allylic oxidation sites excluding steroid dienone is 1. The third-order valence-corrected chi connectivity index (χ3v) is 1.75. The van der Waals surface area contributed by atoms with Crippen LogP contribution in [0.1, 0.15) is 41.0 Å². The first-order valence-electron chi connectivity index (χ1n) is 4.76. The van der Waals surface area contributed by atoms with Crippen molar-refractivity contribution in [3.63, 3.8) is 0 Å². The molecular formula is C12H23N. The van der Waals surface area contributed by atoms with Crippen LogP contribution in [0.3, 0.4) is 0 Å². The molecule has 0 saturated carbocycles. The summed E-state index contributed by atoms with van der Waals surface area (Å²) in [6, 6.07) is 0. The average Bonchev–Trinajstić information content (AvgIpc) is 1.81. The molecule has 0 rings (SSSR count). The lowest BCUT2D eigenvalue weighted by Crippen LogP contribution is -2.36. The molecule has 1 heteroatoms. The Kier molecular flexibility index (Phi) is 3.77. The smallest absolute Gasteiger partial charge is 0.0494 e. The van der Waals surface area contributed by atoms with E-state index in [1.807, 2.05) is 6.08 Å². The molecule has 1 nitrogen and oxygen atoms in total. The highest BCUT2D eigenvalue weighted by molar-refractivity contribution is 5.06. The molecule has 0 bridgehead atoms. The summed E-state index contributed by atoms with van der Waals surface area (Å²) in [6.07, 6.45) is 2.89. The van der Waals surface area contributed by atoms with Gasteiger partial charge in [-0.3, -0.25) is 0 Å². The van der Waals surface area contributed by atoms with E-state index in [4.69, 9.17) is 0 Å². The summed E-state index contributed by atoms with van der Waals surface area (Å²) in [6.45, 7) is 18.6. The zero-order chi connectivity index (χ0) is 10.7. The molecule has 76 valence electrons. The van der Waals surface area contributed by atoms with Crippen LogP contribution in [-0.2, 0) is 0 Å². The number of nitrogens with one attached hydrogen (secondary N) is 1. The van der Waals surface area contributed by atoms with Crippen molar-refractivity contribution in [2.24, 2.45) is 5.41 Å². The van der Waals surface area contributed by atoms with E-state index in [-0.39, 0.29) is 5.54 Å². The molecule has 0 atom stereocenters. The third kappa shape index (κ3) is 6.44. The highest BCUT2D eigenvalue weighted by Gasteiger charge is 2.17. The van der Waals surface area contributed by atoms with E-state index in [0.717, 1.165) is 12.1 Å². The van der Waals surface area contributed by atoms with Gasteiger partial charge in [0.25, 0.3) is 0 Å². The second-order valence-corrected chi connectivity index (χ2v) is 5.39. The fourth-order valence-electron chi connectivity index (χ4n) is 1.19. The van der Waals surface area contributed by atoms with Crippen LogP contribution >= 0.6 is 0 Å². The molecule has 0 aliphatic heterocycles. The fourth-order valence-corrected chi connectivity index (χ4v) is 1.19. The topological polar surface area (TPSA) is 12.0 Å². The van der Waals surface area contributed by atoms with Gasteiger partial charge in [-0.1, -0.05) is 33.4 Å². The Bertz CT molecular complexity index is 194. The lowest BCUT2D eigenvalue weighted by Gasteiger charge is -2.28. The van der Waals surface area contributed by atoms with Crippen molar-refractivity contribution in [1.29, 1.82) is 0 Å². The summed E-state index contributed by atoms with van der Waals surface area (Å²) in [5, 5.41) is 3.35. The quantitative estimate of drug-likeness (QED) is 0.655. The lowest BCUT2D eigenvalue weighted by molar-refractivity contribution is 0.383. The summed E-state index contributed by atoms with van der Waals surface area (Å²) >= 11 is 0. The molecule has 0 fully saturated rings. The molecular weight excluding hydrogens is 158 g/mol. The van der Waals surface area contributed by atoms with Gasteiger partial charge < -0.3 is 5.32 Å². The van der Waals surface area contributed by atoms with Gasteiger partial charge >= 0.3 is 0 Å². The first-order valence-corrected chi connectivity index (χ1v) is 4.76. The third-order valence-electron chi connectivity index (χ3n) is 1.75. The highest BCUT2D eigenvalue weighted by atomic mass is 15.0. The average molecular weight is 181 g/mol. The standard InChI is InChI=1S/C12H23N/c1-8-12(6,7)13-10(2)9-11(3,4)5/h8,13H,1-2,9H2,3-7H3. The van der Waals surface area contributed by atoms with Crippen molar-refractivity contribution in [3.05, 3.63) is 24.9 Å². The highest BCUT2D eigenvalue weighted by Crippen LogP contribution is 2.23. The van der Waals surface area contributed by atoms with Crippen molar-refractivity contribution in [2.75, 3.05) is 0 Å². The molecule has 0 saturated heterocycles. The van der Waals surface area contributed by atoms with Crippen molar-refractivity contribution >= 4 is 0 Å². The maximum Gasteiger partial charge on any atom is 0.0494 e. The van der Waals surface area contributed by atoms with Crippen molar-refractivity contribution in [3.8, 4) is 0 Å². The normalized spacial score (nSPS) is 12.4. The summed E-state index contributed by atoms with van der Waals surface area (Å²) in [5.74, 6) is 0. The van der Waals surface area contributed by atoms with Crippen molar-refractivity contribution in [1.82, 2.24) is 5.32 Å². The van der Waals surface area contributed by atoms with Crippen LogP contribution in [0, 0.1) is 5.41 Å². The minimum Gasteiger partial charge on any atom is -0.380 e. The number of hydrogen-bond donors (Lipinski definition) is 1. The van der Waals surface area contributed by atoms with E-state index in [2.05, 4.69) is 53.1 Å². The van der Waals surface area contributed by atoms with E-state index in [1.54, 1.807) is 0 Å². The minimum absolute atomic E-state index is 0.0532. The molecule has 0 unspecified atom stereocenters. The minimum atomic E-state index is -0.0532. The summed E-state index contributed by atoms with van der Waals surface area (Å²) in [7, 11) is 0. The van der Waals surface area contributed by atoms with Gasteiger partial charge in [0, 0.05) is 11.2 Å². The Balaban J connectivity index is 4.10. The van der Waals surface area contributed by atoms with E-state index >= 15 is 0 Å². The first-order chi connectivity index (χ1) is 5.66. The Hall–Kier alpha value is -0.720. The molecule has 1 N–H and O–H groups in total. The van der Waals surface area contributed by atoms with Gasteiger partial charge in [-0.25, -0.2) is 0 Å². The van der Waals surface area contributed by atoms with Crippen LogP contribution in [-0.4, -0.2) is 5.54 Å². The van der Waals surface area contributed by atoms with Gasteiger partial charge in [-0.05, 0) is 25.7 Å².